The van der Waals surface area contributed by atoms with Crippen molar-refractivity contribution >= 4 is 17.4 Å². The molecule has 1 spiro atoms. The molecule has 2 atom stereocenters. The Labute approximate surface area is 256 Å². The maximum atomic E-state index is 12.6. The number of benzene rings is 1. The number of aryl methyl sites for hydroxylation is 1. The van der Waals surface area contributed by atoms with Crippen molar-refractivity contribution in [3.8, 4) is 12.1 Å². The lowest BCUT2D eigenvalue weighted by Crippen LogP contribution is -2.55. The number of anilines is 2. The van der Waals surface area contributed by atoms with E-state index in [0.717, 1.165) is 69.7 Å². The maximum Gasteiger partial charge on any atom is 0.318 e. The van der Waals surface area contributed by atoms with Gasteiger partial charge in [0.05, 0.1) is 24.2 Å². The molecule has 1 amide bonds. The van der Waals surface area contributed by atoms with Gasteiger partial charge in [-0.2, -0.15) is 15.2 Å². The number of likely N-dealkylation sites (N-methyl/N-ethyl adjacent to an activating group) is 1. The number of rotatable bonds is 7. The lowest BCUT2D eigenvalue weighted by Gasteiger charge is -2.46. The second-order valence-electron chi connectivity index (χ2n) is 13.0. The summed E-state index contributed by atoms with van der Waals surface area (Å²) in [5.74, 6) is 0.814. The first kappa shape index (κ1) is 29.4. The van der Waals surface area contributed by atoms with Gasteiger partial charge in [-0.05, 0) is 88.6 Å². The Balaban J connectivity index is 1.25. The minimum absolute atomic E-state index is 0.117. The number of carbonyl (C=O) groups excluding carboxylic acids is 1. The summed E-state index contributed by atoms with van der Waals surface area (Å²) in [6, 6.07) is 11.6. The van der Waals surface area contributed by atoms with Crippen LogP contribution in [0.15, 0.2) is 36.9 Å². The number of aromatic nitrogens is 2. The average molecular weight is 584 g/mol. The van der Waals surface area contributed by atoms with Crippen molar-refractivity contribution in [3.63, 3.8) is 0 Å². The van der Waals surface area contributed by atoms with Crippen molar-refractivity contribution in [2.75, 3.05) is 62.7 Å². The van der Waals surface area contributed by atoms with E-state index in [9.17, 15) is 10.1 Å². The number of amides is 1. The average Bonchev–Trinajstić information content (AvgIpc) is 3.44. The SMILES string of the molecule is C=CC(=O)N1CCN(c2nc(OC[C@@H]3CCCN3C)nc3c2CCC2(CCN(c4ccccc4C)CC2)C3)C[C@@H]1CC#N. The molecule has 4 aliphatic rings. The van der Waals surface area contributed by atoms with E-state index in [2.05, 4.69) is 65.6 Å². The molecule has 2 aromatic rings. The zero-order valence-electron chi connectivity index (χ0n) is 25.8. The van der Waals surface area contributed by atoms with Gasteiger partial charge in [0, 0.05) is 50.0 Å². The van der Waals surface area contributed by atoms with E-state index >= 15 is 0 Å². The van der Waals surface area contributed by atoms with Gasteiger partial charge in [0.1, 0.15) is 12.4 Å². The Kier molecular flexibility index (Phi) is 8.58. The van der Waals surface area contributed by atoms with Gasteiger partial charge in [0.25, 0.3) is 0 Å². The van der Waals surface area contributed by atoms with E-state index in [-0.39, 0.29) is 23.8 Å². The molecule has 3 saturated heterocycles. The van der Waals surface area contributed by atoms with E-state index in [4.69, 9.17) is 14.7 Å². The van der Waals surface area contributed by atoms with Gasteiger partial charge >= 0.3 is 6.01 Å². The van der Waals surface area contributed by atoms with Crippen LogP contribution in [0, 0.1) is 23.7 Å². The number of fused-ring (bicyclic) bond motifs is 1. The molecule has 0 radical (unpaired) electrons. The summed E-state index contributed by atoms with van der Waals surface area (Å²) in [6.07, 6.45) is 9.25. The van der Waals surface area contributed by atoms with Gasteiger partial charge in [-0.1, -0.05) is 24.8 Å². The zero-order valence-corrected chi connectivity index (χ0v) is 25.8. The minimum atomic E-state index is -0.202. The molecular formula is C34H45N7O2. The Hall–Kier alpha value is -3.64. The van der Waals surface area contributed by atoms with Crippen LogP contribution in [-0.2, 0) is 17.6 Å². The molecule has 1 aromatic carbocycles. The van der Waals surface area contributed by atoms with E-state index in [0.29, 0.717) is 38.3 Å². The predicted molar refractivity (Wildman–Crippen MR) is 168 cm³/mol. The van der Waals surface area contributed by atoms with Gasteiger partial charge in [-0.25, -0.2) is 0 Å². The molecule has 3 aliphatic heterocycles. The molecule has 3 fully saturated rings. The molecule has 0 N–H and O–H groups in total. The third kappa shape index (κ3) is 6.08. The molecule has 0 bridgehead atoms. The first-order valence-corrected chi connectivity index (χ1v) is 16.0. The molecule has 9 heteroatoms. The molecule has 0 saturated carbocycles. The molecule has 6 rings (SSSR count). The quantitative estimate of drug-likeness (QED) is 0.450. The number of nitriles is 1. The summed E-state index contributed by atoms with van der Waals surface area (Å²) < 4.78 is 6.34. The highest BCUT2D eigenvalue weighted by Crippen LogP contribution is 2.46. The number of ether oxygens (including phenoxy) is 1. The molecule has 4 heterocycles. The summed E-state index contributed by atoms with van der Waals surface area (Å²) in [4.78, 5) is 31.6. The molecule has 0 unspecified atom stereocenters. The number of nitrogens with zero attached hydrogens (tertiary/aromatic N) is 7. The first-order valence-electron chi connectivity index (χ1n) is 16.0. The van der Waals surface area contributed by atoms with Gasteiger partial charge < -0.3 is 24.3 Å². The Morgan fingerprint density at radius 1 is 1.12 bits per heavy atom. The second kappa shape index (κ2) is 12.5. The van der Waals surface area contributed by atoms with Crippen molar-refractivity contribution < 1.29 is 9.53 Å². The zero-order chi connectivity index (χ0) is 30.0. The highest BCUT2D eigenvalue weighted by molar-refractivity contribution is 5.87. The van der Waals surface area contributed by atoms with Gasteiger partial charge in [-0.3, -0.25) is 4.79 Å². The number of para-hydroxylation sites is 1. The fourth-order valence-electron chi connectivity index (χ4n) is 7.72. The second-order valence-corrected chi connectivity index (χ2v) is 13.0. The number of piperidine rings is 1. The number of hydrogen-bond acceptors (Lipinski definition) is 8. The minimum Gasteiger partial charge on any atom is -0.462 e. The van der Waals surface area contributed by atoms with Gasteiger partial charge in [-0.15, -0.1) is 0 Å². The third-order valence-electron chi connectivity index (χ3n) is 10.4. The first-order chi connectivity index (χ1) is 20.9. The van der Waals surface area contributed by atoms with Crippen LogP contribution in [0.2, 0.25) is 0 Å². The number of likely N-dealkylation sites (tertiary alicyclic amines) is 1. The lowest BCUT2D eigenvalue weighted by molar-refractivity contribution is -0.128. The predicted octanol–water partition coefficient (Wildman–Crippen LogP) is 4.15. The fourth-order valence-corrected chi connectivity index (χ4v) is 7.72. The van der Waals surface area contributed by atoms with Gasteiger partial charge in [0.15, 0.2) is 0 Å². The summed E-state index contributed by atoms with van der Waals surface area (Å²) >= 11 is 0. The molecule has 1 aliphatic carbocycles. The molecule has 1 aromatic heterocycles. The van der Waals surface area contributed by atoms with Crippen molar-refractivity contribution in [1.29, 1.82) is 5.26 Å². The van der Waals surface area contributed by atoms with Crippen LogP contribution in [0.1, 0.15) is 55.3 Å². The van der Waals surface area contributed by atoms with Crippen molar-refractivity contribution in [3.05, 3.63) is 53.7 Å². The smallest absolute Gasteiger partial charge is 0.318 e. The van der Waals surface area contributed by atoms with Crippen LogP contribution in [-0.4, -0.2) is 90.7 Å². The Morgan fingerprint density at radius 3 is 2.65 bits per heavy atom. The molecule has 9 nitrogen and oxygen atoms in total. The Bertz CT molecular complexity index is 1380. The van der Waals surface area contributed by atoms with Crippen LogP contribution in [0.3, 0.4) is 0 Å². The van der Waals surface area contributed by atoms with E-state index < -0.39 is 0 Å². The molecular weight excluding hydrogens is 538 g/mol. The maximum absolute atomic E-state index is 12.6. The largest absolute Gasteiger partial charge is 0.462 e. The topological polar surface area (TPSA) is 88.8 Å². The van der Waals surface area contributed by atoms with E-state index in [1.165, 1.54) is 29.3 Å². The van der Waals surface area contributed by atoms with Crippen molar-refractivity contribution in [1.82, 2.24) is 19.8 Å². The van der Waals surface area contributed by atoms with Crippen LogP contribution in [0.5, 0.6) is 6.01 Å². The molecule has 228 valence electrons. The van der Waals surface area contributed by atoms with Crippen molar-refractivity contribution in [2.45, 2.75) is 70.4 Å². The van der Waals surface area contributed by atoms with Crippen LogP contribution < -0.4 is 14.5 Å². The van der Waals surface area contributed by atoms with Crippen LogP contribution >= 0.6 is 0 Å². The van der Waals surface area contributed by atoms with Gasteiger partial charge in [0.2, 0.25) is 5.91 Å². The van der Waals surface area contributed by atoms with E-state index in [1.54, 1.807) is 4.90 Å². The number of carbonyl (C=O) groups is 1. The monoisotopic (exact) mass is 583 g/mol. The Morgan fingerprint density at radius 2 is 1.93 bits per heavy atom. The van der Waals surface area contributed by atoms with Crippen LogP contribution in [0.25, 0.3) is 0 Å². The summed E-state index contributed by atoms with van der Waals surface area (Å²) in [7, 11) is 2.16. The lowest BCUT2D eigenvalue weighted by atomic mass is 9.67. The molecule has 43 heavy (non-hydrogen) atoms. The van der Waals surface area contributed by atoms with Crippen LogP contribution in [0.4, 0.5) is 11.5 Å². The highest BCUT2D eigenvalue weighted by Gasteiger charge is 2.41. The number of hydrogen-bond donors (Lipinski definition) is 0. The summed E-state index contributed by atoms with van der Waals surface area (Å²) in [6.45, 7) is 11.4. The normalized spacial score (nSPS) is 23.6. The highest BCUT2D eigenvalue weighted by atomic mass is 16.5. The van der Waals surface area contributed by atoms with Crippen molar-refractivity contribution in [2.24, 2.45) is 5.41 Å². The third-order valence-corrected chi connectivity index (χ3v) is 10.4. The fraction of sp³-hybridized carbons (Fsp3) is 0.588. The van der Waals surface area contributed by atoms with E-state index in [1.807, 2.05) is 0 Å². The summed E-state index contributed by atoms with van der Waals surface area (Å²) in [5, 5.41) is 9.54. The standard InChI is InChI=1S/C34H45N7O2/c1-4-31(42)41-21-20-40(23-26(41)12-16-35)32-28-11-13-34(14-18-39(19-15-34)30-10-6-5-8-25(30)2)22-29(28)36-33(37-32)43-24-27-9-7-17-38(27)3/h4-6,8,10,26-27H,1,7,9,11-15,17-24H2,2-3H3/t26-,27-/m0/s1. The summed E-state index contributed by atoms with van der Waals surface area (Å²) in [5.41, 5.74) is 5.27. The number of piperazine rings is 1.